The predicted octanol–water partition coefficient (Wildman–Crippen LogP) is 21.7. The van der Waals surface area contributed by atoms with Crippen molar-refractivity contribution in [1.29, 1.82) is 0 Å². The number of ether oxygens (including phenoxy) is 4. The van der Waals surface area contributed by atoms with Gasteiger partial charge < -0.3 is 33.8 Å². The van der Waals surface area contributed by atoms with Gasteiger partial charge >= 0.3 is 39.5 Å². The van der Waals surface area contributed by atoms with E-state index in [9.17, 15) is 43.2 Å². The molecule has 0 aromatic heterocycles. The third-order valence-electron chi connectivity index (χ3n) is 17.6. The zero-order valence-corrected chi connectivity index (χ0v) is 62.2. The van der Waals surface area contributed by atoms with Crippen molar-refractivity contribution < 1.29 is 80.2 Å². The Bertz CT molecular complexity index is 1790. The van der Waals surface area contributed by atoms with Crippen LogP contribution >= 0.6 is 15.6 Å². The first-order chi connectivity index (χ1) is 45.1. The van der Waals surface area contributed by atoms with Crippen molar-refractivity contribution in [3.8, 4) is 0 Å². The molecule has 0 heterocycles. The second kappa shape index (κ2) is 67.3. The van der Waals surface area contributed by atoms with E-state index in [1.165, 1.54) is 212 Å². The summed E-state index contributed by atoms with van der Waals surface area (Å²) in [5, 5.41) is 10.6. The number of phosphoric ester groups is 2. The summed E-state index contributed by atoms with van der Waals surface area (Å²) in [5.41, 5.74) is 0. The van der Waals surface area contributed by atoms with Gasteiger partial charge in [-0.1, -0.05) is 336 Å². The Morgan fingerprint density at radius 2 is 0.516 bits per heavy atom. The number of hydrogen-bond acceptors (Lipinski definition) is 15. The van der Waals surface area contributed by atoms with Crippen LogP contribution in [0.3, 0.4) is 0 Å². The summed E-state index contributed by atoms with van der Waals surface area (Å²) in [6.45, 7) is 7.25. The van der Waals surface area contributed by atoms with E-state index in [2.05, 4.69) is 34.6 Å². The number of aliphatic hydroxyl groups is 1. The molecule has 0 bridgehead atoms. The van der Waals surface area contributed by atoms with E-state index in [-0.39, 0.29) is 25.7 Å². The van der Waals surface area contributed by atoms with E-state index in [0.717, 1.165) is 95.8 Å². The summed E-state index contributed by atoms with van der Waals surface area (Å²) in [6, 6.07) is 0. The normalized spacial score (nSPS) is 14.3. The van der Waals surface area contributed by atoms with Gasteiger partial charge in [0.2, 0.25) is 0 Å². The molecule has 552 valence electrons. The molecule has 3 unspecified atom stereocenters. The summed E-state index contributed by atoms with van der Waals surface area (Å²) in [7, 11) is -9.90. The molecule has 0 rings (SSSR count). The molecule has 0 amide bonds. The standard InChI is InChI=1S/C74H144O17P2/c1-6-10-13-16-19-22-24-25-26-27-28-29-30-31-32-33-34-35-38-45-50-55-60-74(79)91-70(64-85-72(77)58-53-48-43-40-39-41-46-51-56-67(5)9-4)66-89-93(82,83)87-62-68(75)61-86-92(80,81)88-65-69(63-84-71(76)57-52-47-42-36-21-18-15-12-8-3)90-73(78)59-54-49-44-37-23-20-17-14-11-7-2/h67-70,75H,6-66H2,1-5H3,(H,80,81)(H,82,83)/t67?,68-,69+,70+/m0/s1. The van der Waals surface area contributed by atoms with Crippen molar-refractivity contribution in [2.45, 2.75) is 406 Å². The molecule has 0 saturated carbocycles. The quantitative estimate of drug-likeness (QED) is 0.0222. The van der Waals surface area contributed by atoms with Crippen molar-refractivity contribution in [1.82, 2.24) is 0 Å². The topological polar surface area (TPSA) is 237 Å². The molecule has 0 aliphatic heterocycles. The Morgan fingerprint density at radius 3 is 0.763 bits per heavy atom. The minimum Gasteiger partial charge on any atom is -0.462 e. The van der Waals surface area contributed by atoms with Crippen LogP contribution in [0.25, 0.3) is 0 Å². The predicted molar refractivity (Wildman–Crippen MR) is 377 cm³/mol. The Balaban J connectivity index is 5.15. The lowest BCUT2D eigenvalue weighted by Gasteiger charge is -2.21. The zero-order chi connectivity index (χ0) is 68.4. The Hall–Kier alpha value is -1.94. The number of unbranched alkanes of at least 4 members (excludes halogenated alkanes) is 45. The lowest BCUT2D eigenvalue weighted by atomic mass is 9.99. The highest BCUT2D eigenvalue weighted by Crippen LogP contribution is 2.45. The molecule has 0 aromatic carbocycles. The highest BCUT2D eigenvalue weighted by Gasteiger charge is 2.30. The maximum atomic E-state index is 13.1. The molecule has 0 aliphatic carbocycles. The minimum absolute atomic E-state index is 0.107. The Kier molecular flexibility index (Phi) is 65.9. The van der Waals surface area contributed by atoms with Gasteiger partial charge in [0.25, 0.3) is 0 Å². The van der Waals surface area contributed by atoms with Crippen molar-refractivity contribution in [2.24, 2.45) is 5.92 Å². The molecular formula is C74H144O17P2. The zero-order valence-electron chi connectivity index (χ0n) is 60.4. The third-order valence-corrected chi connectivity index (χ3v) is 19.5. The van der Waals surface area contributed by atoms with Gasteiger partial charge in [0.15, 0.2) is 12.2 Å². The fourth-order valence-electron chi connectivity index (χ4n) is 11.3. The van der Waals surface area contributed by atoms with Crippen LogP contribution in [0.1, 0.15) is 388 Å². The van der Waals surface area contributed by atoms with E-state index in [1.54, 1.807) is 0 Å². The first-order valence-electron chi connectivity index (χ1n) is 38.7. The number of aliphatic hydroxyl groups excluding tert-OH is 1. The van der Waals surface area contributed by atoms with Gasteiger partial charge in [-0.05, 0) is 31.6 Å². The van der Waals surface area contributed by atoms with Crippen LogP contribution in [0.5, 0.6) is 0 Å². The van der Waals surface area contributed by atoms with Crippen LogP contribution < -0.4 is 0 Å². The number of carbonyl (C=O) groups excluding carboxylic acids is 4. The van der Waals surface area contributed by atoms with E-state index in [0.29, 0.717) is 25.7 Å². The molecule has 93 heavy (non-hydrogen) atoms. The van der Waals surface area contributed by atoms with Gasteiger partial charge in [0, 0.05) is 25.7 Å². The second-order valence-electron chi connectivity index (χ2n) is 26.9. The van der Waals surface area contributed by atoms with Crippen LogP contribution in [-0.2, 0) is 65.4 Å². The molecule has 17 nitrogen and oxygen atoms in total. The van der Waals surface area contributed by atoms with Gasteiger partial charge in [0.05, 0.1) is 26.4 Å². The second-order valence-corrected chi connectivity index (χ2v) is 29.8. The van der Waals surface area contributed by atoms with Gasteiger partial charge in [-0.15, -0.1) is 0 Å². The van der Waals surface area contributed by atoms with Gasteiger partial charge in [-0.25, -0.2) is 9.13 Å². The largest absolute Gasteiger partial charge is 0.472 e. The highest BCUT2D eigenvalue weighted by molar-refractivity contribution is 7.47. The first kappa shape index (κ1) is 91.1. The number of rotatable bonds is 74. The van der Waals surface area contributed by atoms with Gasteiger partial charge in [0.1, 0.15) is 19.3 Å². The Morgan fingerprint density at radius 1 is 0.301 bits per heavy atom. The molecule has 0 aliphatic rings. The van der Waals surface area contributed by atoms with Gasteiger partial charge in [-0.2, -0.15) is 0 Å². The van der Waals surface area contributed by atoms with Crippen LogP contribution in [0.2, 0.25) is 0 Å². The smallest absolute Gasteiger partial charge is 0.462 e. The number of esters is 4. The molecular weight excluding hydrogens is 1220 g/mol. The van der Waals surface area contributed by atoms with Crippen molar-refractivity contribution in [3.63, 3.8) is 0 Å². The van der Waals surface area contributed by atoms with E-state index >= 15 is 0 Å². The van der Waals surface area contributed by atoms with E-state index in [1.807, 2.05) is 0 Å². The van der Waals surface area contributed by atoms with Crippen LogP contribution in [-0.4, -0.2) is 96.7 Å². The molecule has 19 heteroatoms. The fraction of sp³-hybridized carbons (Fsp3) is 0.946. The summed E-state index contributed by atoms with van der Waals surface area (Å²) < 4.78 is 68.3. The van der Waals surface area contributed by atoms with Crippen molar-refractivity contribution in [2.75, 3.05) is 39.6 Å². The summed E-state index contributed by atoms with van der Waals surface area (Å²) >= 11 is 0. The maximum absolute atomic E-state index is 13.1. The van der Waals surface area contributed by atoms with Gasteiger partial charge in [-0.3, -0.25) is 37.3 Å². The molecule has 6 atom stereocenters. The van der Waals surface area contributed by atoms with Crippen LogP contribution in [0, 0.1) is 5.92 Å². The summed E-state index contributed by atoms with van der Waals surface area (Å²) in [4.78, 5) is 72.6. The molecule has 0 spiro atoms. The minimum atomic E-state index is -4.95. The molecule has 0 aromatic rings. The maximum Gasteiger partial charge on any atom is 0.472 e. The lowest BCUT2D eigenvalue weighted by molar-refractivity contribution is -0.161. The molecule has 3 N–H and O–H groups in total. The van der Waals surface area contributed by atoms with Crippen molar-refractivity contribution >= 4 is 39.5 Å². The highest BCUT2D eigenvalue weighted by atomic mass is 31.2. The number of phosphoric acid groups is 2. The molecule has 0 saturated heterocycles. The molecule has 0 fully saturated rings. The van der Waals surface area contributed by atoms with Crippen LogP contribution in [0.15, 0.2) is 0 Å². The SMILES string of the molecule is CCCCCCCCCCCCCCCCCCCCCCCCC(=O)O[C@H](COC(=O)CCCCCCCCCCC(C)CC)COP(=O)(O)OC[C@@H](O)COP(=O)(O)OC[C@@H](COC(=O)CCCCCCCCCCC)OC(=O)CCCCCCCCCCCC. The average Bonchev–Trinajstić information content (AvgIpc) is 3.14. The first-order valence-corrected chi connectivity index (χ1v) is 41.7. The lowest BCUT2D eigenvalue weighted by Crippen LogP contribution is -2.30. The van der Waals surface area contributed by atoms with E-state index in [4.69, 9.17) is 37.0 Å². The summed E-state index contributed by atoms with van der Waals surface area (Å²) in [5.74, 6) is -1.34. The fourth-order valence-corrected chi connectivity index (χ4v) is 12.9. The van der Waals surface area contributed by atoms with Crippen molar-refractivity contribution in [3.05, 3.63) is 0 Å². The van der Waals surface area contributed by atoms with Crippen LogP contribution in [0.4, 0.5) is 0 Å². The molecule has 0 radical (unpaired) electrons. The number of carbonyl (C=O) groups is 4. The number of hydrogen-bond donors (Lipinski definition) is 3. The monoisotopic (exact) mass is 1370 g/mol. The van der Waals surface area contributed by atoms with E-state index < -0.39 is 97.5 Å². The summed E-state index contributed by atoms with van der Waals surface area (Å²) in [6.07, 6.45) is 55.6. The average molecular weight is 1370 g/mol. The third kappa shape index (κ3) is 67.0. The Labute approximate surface area is 568 Å².